The number of nitrogens with zero attached hydrogens (tertiary/aromatic N) is 1. The first kappa shape index (κ1) is 22.6. The summed E-state index contributed by atoms with van der Waals surface area (Å²) in [4.78, 5) is 28.8. The number of para-hydroxylation sites is 1. The highest BCUT2D eigenvalue weighted by molar-refractivity contribution is 6.19. The van der Waals surface area contributed by atoms with Crippen LogP contribution < -0.4 is 4.74 Å². The van der Waals surface area contributed by atoms with Crippen molar-refractivity contribution in [3.8, 4) is 5.75 Å². The monoisotopic (exact) mass is 479 g/mol. The first-order valence-electron chi connectivity index (χ1n) is 12.4. The summed E-state index contributed by atoms with van der Waals surface area (Å²) in [5.41, 5.74) is 2.89. The molecule has 0 radical (unpaired) electrons. The van der Waals surface area contributed by atoms with Crippen molar-refractivity contribution < 1.29 is 19.4 Å². The van der Waals surface area contributed by atoms with Crippen molar-refractivity contribution in [2.75, 3.05) is 20.2 Å². The second-order valence-corrected chi connectivity index (χ2v) is 10.3. The van der Waals surface area contributed by atoms with Crippen LogP contribution in [0.4, 0.5) is 0 Å². The summed E-state index contributed by atoms with van der Waals surface area (Å²) in [6.07, 6.45) is 1.65. The van der Waals surface area contributed by atoms with E-state index in [1.165, 1.54) is 5.56 Å². The van der Waals surface area contributed by atoms with Crippen LogP contribution in [0.2, 0.25) is 0 Å². The third-order valence-electron chi connectivity index (χ3n) is 9.00. The van der Waals surface area contributed by atoms with Gasteiger partial charge in [-0.1, -0.05) is 79.4 Å². The molecule has 1 saturated carbocycles. The average molecular weight is 480 g/mol. The molecule has 182 valence electrons. The second kappa shape index (κ2) is 8.09. The van der Waals surface area contributed by atoms with Crippen molar-refractivity contribution in [1.29, 1.82) is 0 Å². The lowest BCUT2D eigenvalue weighted by Crippen LogP contribution is -2.60. The molecular weight excluding hydrogens is 450 g/mol. The van der Waals surface area contributed by atoms with Crippen molar-refractivity contribution in [3.63, 3.8) is 0 Å². The number of ether oxygens (including phenoxy) is 1. The number of amides is 1. The zero-order valence-electron chi connectivity index (χ0n) is 20.3. The van der Waals surface area contributed by atoms with Gasteiger partial charge in [-0.25, -0.2) is 0 Å². The molecule has 3 aromatic rings. The van der Waals surface area contributed by atoms with Crippen molar-refractivity contribution in [1.82, 2.24) is 4.90 Å². The molecule has 2 fully saturated rings. The molecule has 1 heterocycles. The van der Waals surface area contributed by atoms with Crippen LogP contribution in [-0.4, -0.2) is 42.1 Å². The standard InChI is InChI=1S/C31H29NO4/c1-20(22-12-7-9-15-26(22)36-2)28(33)32-18-27-30(21-10-4-3-5-11-21)17-16-25(31(27,19-32)29(34)35)23-13-6-8-14-24(23)30/h3-15,25,27H,1,16-19H2,2H3,(H,34,35)/t25?,27-,30+,31+/m0/s1. The predicted molar refractivity (Wildman–Crippen MR) is 138 cm³/mol. The first-order valence-corrected chi connectivity index (χ1v) is 12.4. The van der Waals surface area contributed by atoms with Crippen LogP contribution in [0.25, 0.3) is 5.57 Å². The summed E-state index contributed by atoms with van der Waals surface area (Å²) in [5.74, 6) is -0.855. The Morgan fingerprint density at radius 1 is 1.00 bits per heavy atom. The Bertz CT molecular complexity index is 1380. The van der Waals surface area contributed by atoms with E-state index in [2.05, 4.69) is 30.8 Å². The Morgan fingerprint density at radius 3 is 2.44 bits per heavy atom. The van der Waals surface area contributed by atoms with Gasteiger partial charge in [0, 0.05) is 41.5 Å². The van der Waals surface area contributed by atoms with Gasteiger partial charge >= 0.3 is 5.97 Å². The number of hydrogen-bond donors (Lipinski definition) is 1. The fraction of sp³-hybridized carbons (Fsp3) is 0.290. The zero-order valence-corrected chi connectivity index (χ0v) is 20.3. The van der Waals surface area contributed by atoms with Crippen molar-refractivity contribution in [2.45, 2.75) is 24.2 Å². The molecule has 7 rings (SSSR count). The molecule has 1 amide bonds. The van der Waals surface area contributed by atoms with Gasteiger partial charge in [-0.3, -0.25) is 9.59 Å². The molecule has 3 aliphatic carbocycles. The minimum Gasteiger partial charge on any atom is -0.496 e. The number of carboxylic acid groups (broad SMARTS) is 1. The number of likely N-dealkylation sites (tertiary alicyclic amines) is 1. The number of fused-ring (bicyclic) bond motifs is 1. The molecule has 1 N–H and O–H groups in total. The summed E-state index contributed by atoms with van der Waals surface area (Å²) in [6.45, 7) is 4.66. The zero-order chi connectivity index (χ0) is 25.1. The van der Waals surface area contributed by atoms with Gasteiger partial charge in [-0.05, 0) is 35.6 Å². The molecule has 0 aromatic heterocycles. The van der Waals surface area contributed by atoms with E-state index >= 15 is 0 Å². The number of benzene rings is 3. The number of carbonyl (C=O) groups is 2. The van der Waals surface area contributed by atoms with E-state index in [1.807, 2.05) is 48.5 Å². The third kappa shape index (κ3) is 2.83. The SMILES string of the molecule is C=C(C(=O)N1C[C@H]2[C@@]3(c4ccccc4)CCC(c4ccccc43)[C@]2(C(=O)O)C1)c1ccccc1OC. The van der Waals surface area contributed by atoms with Gasteiger partial charge in [-0.2, -0.15) is 0 Å². The Labute approximate surface area is 211 Å². The maximum absolute atomic E-state index is 13.8. The van der Waals surface area contributed by atoms with E-state index < -0.39 is 16.8 Å². The van der Waals surface area contributed by atoms with E-state index in [0.717, 1.165) is 24.0 Å². The lowest BCUT2D eigenvalue weighted by atomic mass is 9.42. The van der Waals surface area contributed by atoms with E-state index in [0.29, 0.717) is 23.4 Å². The Hall–Kier alpha value is -3.86. The van der Waals surface area contributed by atoms with Crippen LogP contribution in [0.15, 0.2) is 85.4 Å². The van der Waals surface area contributed by atoms with Gasteiger partial charge in [0.05, 0.1) is 12.5 Å². The lowest BCUT2D eigenvalue weighted by Gasteiger charge is -2.59. The lowest BCUT2D eigenvalue weighted by molar-refractivity contribution is -0.157. The quantitative estimate of drug-likeness (QED) is 0.516. The number of carbonyl (C=O) groups excluding carboxylic acids is 1. The Kier molecular flexibility index (Phi) is 5.08. The van der Waals surface area contributed by atoms with Crippen LogP contribution in [0.1, 0.15) is 41.0 Å². The highest BCUT2D eigenvalue weighted by Gasteiger charge is 2.70. The topological polar surface area (TPSA) is 66.8 Å². The van der Waals surface area contributed by atoms with Crippen LogP contribution in [0.3, 0.4) is 0 Å². The predicted octanol–water partition coefficient (Wildman–Crippen LogP) is 5.12. The number of carboxylic acids is 1. The maximum atomic E-state index is 13.8. The molecule has 1 aliphatic heterocycles. The van der Waals surface area contributed by atoms with Gasteiger partial charge in [0.15, 0.2) is 0 Å². The fourth-order valence-electron chi connectivity index (χ4n) is 7.55. The normalized spacial score (nSPS) is 27.8. The molecule has 1 saturated heterocycles. The summed E-state index contributed by atoms with van der Waals surface area (Å²) in [7, 11) is 1.57. The minimum absolute atomic E-state index is 0.140. The maximum Gasteiger partial charge on any atom is 0.312 e. The smallest absolute Gasteiger partial charge is 0.312 e. The van der Waals surface area contributed by atoms with Crippen molar-refractivity contribution >= 4 is 17.4 Å². The first-order chi connectivity index (χ1) is 17.4. The molecule has 5 heteroatoms. The van der Waals surface area contributed by atoms with E-state index in [9.17, 15) is 14.7 Å². The molecule has 3 aromatic carbocycles. The molecule has 1 unspecified atom stereocenters. The number of aliphatic carboxylic acids is 1. The van der Waals surface area contributed by atoms with Crippen LogP contribution in [0.5, 0.6) is 5.75 Å². The van der Waals surface area contributed by atoms with Gasteiger partial charge < -0.3 is 14.7 Å². The van der Waals surface area contributed by atoms with Gasteiger partial charge in [0.25, 0.3) is 5.91 Å². The van der Waals surface area contributed by atoms with Crippen LogP contribution >= 0.6 is 0 Å². The average Bonchev–Trinajstić information content (AvgIpc) is 3.37. The summed E-state index contributed by atoms with van der Waals surface area (Å²) >= 11 is 0. The highest BCUT2D eigenvalue weighted by atomic mass is 16.5. The third-order valence-corrected chi connectivity index (χ3v) is 9.00. The van der Waals surface area contributed by atoms with E-state index in [-0.39, 0.29) is 24.3 Å². The van der Waals surface area contributed by atoms with E-state index in [4.69, 9.17) is 4.74 Å². The van der Waals surface area contributed by atoms with Gasteiger partial charge in [-0.15, -0.1) is 0 Å². The molecule has 2 bridgehead atoms. The van der Waals surface area contributed by atoms with Crippen molar-refractivity contribution in [3.05, 3.63) is 108 Å². The van der Waals surface area contributed by atoms with Crippen LogP contribution in [0, 0.1) is 11.3 Å². The molecule has 4 aliphatic rings. The number of methoxy groups -OCH3 is 1. The van der Waals surface area contributed by atoms with Crippen molar-refractivity contribution in [2.24, 2.45) is 11.3 Å². The summed E-state index contributed by atoms with van der Waals surface area (Å²) in [5, 5.41) is 10.9. The second-order valence-electron chi connectivity index (χ2n) is 10.3. The highest BCUT2D eigenvalue weighted by Crippen LogP contribution is 2.69. The summed E-state index contributed by atoms with van der Waals surface area (Å²) < 4.78 is 5.47. The molecule has 36 heavy (non-hydrogen) atoms. The summed E-state index contributed by atoms with van der Waals surface area (Å²) in [6, 6.07) is 25.9. The molecule has 5 nitrogen and oxygen atoms in total. The fourth-order valence-corrected chi connectivity index (χ4v) is 7.55. The number of hydrogen-bond acceptors (Lipinski definition) is 3. The molecule has 4 atom stereocenters. The van der Waals surface area contributed by atoms with Crippen LogP contribution in [-0.2, 0) is 15.0 Å². The molecule has 0 spiro atoms. The number of rotatable bonds is 5. The van der Waals surface area contributed by atoms with E-state index in [1.54, 1.807) is 18.1 Å². The largest absolute Gasteiger partial charge is 0.496 e. The Balaban J connectivity index is 1.49. The van der Waals surface area contributed by atoms with Gasteiger partial charge in [0.1, 0.15) is 5.75 Å². The minimum atomic E-state index is -1.06. The Morgan fingerprint density at radius 2 is 1.69 bits per heavy atom. The van der Waals surface area contributed by atoms with Gasteiger partial charge in [0.2, 0.25) is 0 Å². The molecular formula is C31H29NO4.